The lowest BCUT2D eigenvalue weighted by Gasteiger charge is -2.03. The highest BCUT2D eigenvalue weighted by atomic mass is 79.9. The van der Waals surface area contributed by atoms with E-state index in [0.29, 0.717) is 0 Å². The number of aldehydes is 1. The Balaban J connectivity index is 3.32. The minimum atomic E-state index is -2.84. The normalized spacial score (nSPS) is 10.5. The van der Waals surface area contributed by atoms with E-state index in [1.54, 1.807) is 0 Å². The second-order valence-corrected chi connectivity index (χ2v) is 2.95. The van der Waals surface area contributed by atoms with Crippen molar-refractivity contribution in [2.45, 2.75) is 6.43 Å². The first-order chi connectivity index (χ1) is 6.06. The van der Waals surface area contributed by atoms with Gasteiger partial charge in [0.2, 0.25) is 5.95 Å². The average Bonchev–Trinajstić information content (AvgIpc) is 2.09. The Bertz CT molecular complexity index is 343. The standard InChI is InChI=1S/C7H3BrF3NO/c8-5-4(6(9)10)1-3(2-13)12-7(5)11/h1-2,6H. The fraction of sp³-hybridized carbons (Fsp3) is 0.143. The van der Waals surface area contributed by atoms with Gasteiger partial charge in [-0.25, -0.2) is 13.8 Å². The molecule has 0 aromatic carbocycles. The zero-order valence-corrected chi connectivity index (χ0v) is 7.69. The van der Waals surface area contributed by atoms with E-state index in [2.05, 4.69) is 20.9 Å². The Morgan fingerprint density at radius 2 is 2.15 bits per heavy atom. The second kappa shape index (κ2) is 3.87. The number of carbonyl (C=O) groups excluding carboxylic acids is 1. The molecular weight excluding hydrogens is 251 g/mol. The molecule has 6 heteroatoms. The van der Waals surface area contributed by atoms with Crippen LogP contribution < -0.4 is 0 Å². The molecule has 0 radical (unpaired) electrons. The van der Waals surface area contributed by atoms with Gasteiger partial charge in [0, 0.05) is 5.56 Å². The highest BCUT2D eigenvalue weighted by Crippen LogP contribution is 2.28. The molecule has 1 aromatic rings. The molecule has 0 saturated carbocycles. The molecule has 1 heterocycles. The number of aromatic nitrogens is 1. The van der Waals surface area contributed by atoms with Crippen molar-refractivity contribution < 1.29 is 18.0 Å². The van der Waals surface area contributed by atoms with Crippen LogP contribution >= 0.6 is 15.9 Å². The fourth-order valence-corrected chi connectivity index (χ4v) is 1.13. The molecule has 13 heavy (non-hydrogen) atoms. The first kappa shape index (κ1) is 10.2. The third kappa shape index (κ3) is 2.06. The van der Waals surface area contributed by atoms with Gasteiger partial charge in [0.1, 0.15) is 5.69 Å². The van der Waals surface area contributed by atoms with Gasteiger partial charge < -0.3 is 0 Å². The Morgan fingerprint density at radius 3 is 2.62 bits per heavy atom. The van der Waals surface area contributed by atoms with Crippen LogP contribution in [-0.2, 0) is 0 Å². The van der Waals surface area contributed by atoms with Crippen molar-refractivity contribution in [2.75, 3.05) is 0 Å². The summed E-state index contributed by atoms with van der Waals surface area (Å²) in [6, 6.07) is 0.838. The smallest absolute Gasteiger partial charge is 0.265 e. The number of hydrogen-bond acceptors (Lipinski definition) is 2. The summed E-state index contributed by atoms with van der Waals surface area (Å²) in [6.45, 7) is 0. The van der Waals surface area contributed by atoms with E-state index < -0.39 is 22.4 Å². The molecular formula is C7H3BrF3NO. The number of carbonyl (C=O) groups is 1. The minimum absolute atomic E-state index is 0.210. The minimum Gasteiger partial charge on any atom is -0.296 e. The van der Waals surface area contributed by atoms with E-state index in [0.717, 1.165) is 6.07 Å². The van der Waals surface area contributed by atoms with Gasteiger partial charge in [-0.2, -0.15) is 4.39 Å². The number of halogens is 4. The van der Waals surface area contributed by atoms with Crippen molar-refractivity contribution in [3.63, 3.8) is 0 Å². The molecule has 0 aliphatic carbocycles. The lowest BCUT2D eigenvalue weighted by Crippen LogP contribution is -1.98. The van der Waals surface area contributed by atoms with Crippen LogP contribution in [0.3, 0.4) is 0 Å². The molecule has 0 bridgehead atoms. The van der Waals surface area contributed by atoms with Gasteiger partial charge in [-0.1, -0.05) is 0 Å². The highest BCUT2D eigenvalue weighted by Gasteiger charge is 2.17. The van der Waals surface area contributed by atoms with Crippen molar-refractivity contribution in [1.82, 2.24) is 4.98 Å². The predicted molar refractivity (Wildman–Crippen MR) is 42.2 cm³/mol. The molecule has 0 spiro atoms. The van der Waals surface area contributed by atoms with Gasteiger partial charge in [0.15, 0.2) is 6.29 Å². The van der Waals surface area contributed by atoms with Crippen molar-refractivity contribution in [1.29, 1.82) is 0 Å². The van der Waals surface area contributed by atoms with Crippen LogP contribution in [0.1, 0.15) is 22.5 Å². The van der Waals surface area contributed by atoms with Gasteiger partial charge in [0.05, 0.1) is 4.47 Å². The molecule has 0 aliphatic heterocycles. The maximum atomic E-state index is 12.7. The zero-order chi connectivity index (χ0) is 10.0. The fourth-order valence-electron chi connectivity index (χ4n) is 0.756. The van der Waals surface area contributed by atoms with Crippen molar-refractivity contribution >= 4 is 22.2 Å². The third-order valence-corrected chi connectivity index (χ3v) is 2.11. The van der Waals surface area contributed by atoms with Crippen LogP contribution in [0.4, 0.5) is 13.2 Å². The summed E-state index contributed by atoms with van der Waals surface area (Å²) in [7, 11) is 0. The van der Waals surface area contributed by atoms with Crippen molar-refractivity contribution in [3.8, 4) is 0 Å². The Morgan fingerprint density at radius 1 is 1.54 bits per heavy atom. The van der Waals surface area contributed by atoms with Crippen LogP contribution in [0.25, 0.3) is 0 Å². The molecule has 70 valence electrons. The first-order valence-electron chi connectivity index (χ1n) is 3.15. The van der Waals surface area contributed by atoms with E-state index >= 15 is 0 Å². The van der Waals surface area contributed by atoms with Crippen molar-refractivity contribution in [3.05, 3.63) is 27.7 Å². The van der Waals surface area contributed by atoms with E-state index in [1.165, 1.54) is 0 Å². The van der Waals surface area contributed by atoms with Crippen LogP contribution in [0.5, 0.6) is 0 Å². The van der Waals surface area contributed by atoms with E-state index in [1.807, 2.05) is 0 Å². The summed E-state index contributed by atoms with van der Waals surface area (Å²) in [4.78, 5) is 13.3. The molecule has 0 amide bonds. The van der Waals surface area contributed by atoms with E-state index in [4.69, 9.17) is 0 Å². The van der Waals surface area contributed by atoms with Crippen molar-refractivity contribution in [2.24, 2.45) is 0 Å². The number of pyridine rings is 1. The maximum Gasteiger partial charge on any atom is 0.265 e. The predicted octanol–water partition coefficient (Wildman–Crippen LogP) is 2.73. The maximum absolute atomic E-state index is 12.7. The molecule has 1 rings (SSSR count). The molecule has 2 nitrogen and oxygen atoms in total. The van der Waals surface area contributed by atoms with Crippen LogP contribution in [0.15, 0.2) is 10.5 Å². The summed E-state index contributed by atoms with van der Waals surface area (Å²) in [5.74, 6) is -1.11. The lowest BCUT2D eigenvalue weighted by molar-refractivity contribution is 0.111. The quantitative estimate of drug-likeness (QED) is 0.600. The monoisotopic (exact) mass is 253 g/mol. The summed E-state index contributed by atoms with van der Waals surface area (Å²) in [5, 5.41) is 0. The summed E-state index contributed by atoms with van der Waals surface area (Å²) in [6.07, 6.45) is -2.63. The largest absolute Gasteiger partial charge is 0.296 e. The Hall–Kier alpha value is -0.910. The topological polar surface area (TPSA) is 30.0 Å². The number of rotatable bonds is 2. The molecule has 0 aliphatic rings. The first-order valence-corrected chi connectivity index (χ1v) is 3.95. The Kier molecular flexibility index (Phi) is 3.02. The summed E-state index contributed by atoms with van der Waals surface area (Å²) in [5.41, 5.74) is -0.925. The van der Waals surface area contributed by atoms with Crippen LogP contribution in [0.2, 0.25) is 0 Å². The Labute approximate surface area is 79.9 Å². The SMILES string of the molecule is O=Cc1cc(C(F)F)c(Br)c(F)n1. The number of hydrogen-bond donors (Lipinski definition) is 0. The number of alkyl halides is 2. The van der Waals surface area contributed by atoms with Gasteiger partial charge in [-0.05, 0) is 22.0 Å². The van der Waals surface area contributed by atoms with Gasteiger partial charge in [-0.15, -0.1) is 0 Å². The molecule has 0 unspecified atom stereocenters. The molecule has 0 N–H and O–H groups in total. The van der Waals surface area contributed by atoms with Crippen LogP contribution in [-0.4, -0.2) is 11.3 Å². The third-order valence-electron chi connectivity index (χ3n) is 1.32. The van der Waals surface area contributed by atoms with E-state index in [-0.39, 0.29) is 12.0 Å². The van der Waals surface area contributed by atoms with E-state index in [9.17, 15) is 18.0 Å². The molecule has 0 fully saturated rings. The zero-order valence-electron chi connectivity index (χ0n) is 6.10. The van der Waals surface area contributed by atoms with Gasteiger partial charge in [0.25, 0.3) is 6.43 Å². The molecule has 1 aromatic heterocycles. The molecule has 0 saturated heterocycles. The average molecular weight is 254 g/mol. The second-order valence-electron chi connectivity index (χ2n) is 2.16. The molecule has 0 atom stereocenters. The van der Waals surface area contributed by atoms with Gasteiger partial charge >= 0.3 is 0 Å². The highest BCUT2D eigenvalue weighted by molar-refractivity contribution is 9.10. The summed E-state index contributed by atoms with van der Waals surface area (Å²) < 4.78 is 36.7. The van der Waals surface area contributed by atoms with Crippen LogP contribution in [0, 0.1) is 5.95 Å². The summed E-state index contributed by atoms with van der Waals surface area (Å²) >= 11 is 2.61. The number of nitrogens with zero attached hydrogens (tertiary/aromatic N) is 1. The lowest BCUT2D eigenvalue weighted by atomic mass is 10.2. The van der Waals surface area contributed by atoms with Gasteiger partial charge in [-0.3, -0.25) is 4.79 Å².